The second-order valence-electron chi connectivity index (χ2n) is 7.04. The molecule has 2 aliphatic rings. The summed E-state index contributed by atoms with van der Waals surface area (Å²) in [5, 5.41) is 0.421. The van der Waals surface area contributed by atoms with Gasteiger partial charge in [-0.05, 0) is 41.0 Å². The molecule has 1 atom stereocenters. The molecule has 0 bridgehead atoms. The van der Waals surface area contributed by atoms with Gasteiger partial charge in [-0.2, -0.15) is 0 Å². The van der Waals surface area contributed by atoms with Crippen LogP contribution in [0.3, 0.4) is 0 Å². The normalized spacial score (nSPS) is 19.4. The summed E-state index contributed by atoms with van der Waals surface area (Å²) < 4.78 is 0. The lowest BCUT2D eigenvalue weighted by Gasteiger charge is -2.29. The number of ketones is 1. The molecule has 5 heteroatoms. The van der Waals surface area contributed by atoms with Gasteiger partial charge in [0.15, 0.2) is 5.78 Å². The second-order valence-corrected chi connectivity index (χ2v) is 8.60. The van der Waals surface area contributed by atoms with Gasteiger partial charge in [0.1, 0.15) is 5.37 Å². The van der Waals surface area contributed by atoms with E-state index in [0.717, 1.165) is 16.7 Å². The lowest BCUT2D eigenvalue weighted by Crippen LogP contribution is -2.29. The molecular formula is C24H16ClNO2S. The van der Waals surface area contributed by atoms with Crippen molar-refractivity contribution in [2.45, 2.75) is 11.9 Å². The highest BCUT2D eigenvalue weighted by Crippen LogP contribution is 2.48. The zero-order chi connectivity index (χ0) is 20.0. The predicted octanol–water partition coefficient (Wildman–Crippen LogP) is 5.97. The number of benzene rings is 3. The average molecular weight is 418 g/mol. The fourth-order valence-corrected chi connectivity index (χ4v) is 5.22. The van der Waals surface area contributed by atoms with Crippen LogP contribution >= 0.6 is 23.4 Å². The molecule has 3 aromatic rings. The number of allylic oxidation sites excluding steroid dienone is 1. The van der Waals surface area contributed by atoms with Gasteiger partial charge < -0.3 is 4.90 Å². The maximum absolute atomic E-state index is 13.4. The second kappa shape index (κ2) is 7.21. The van der Waals surface area contributed by atoms with E-state index in [9.17, 15) is 9.59 Å². The fraction of sp³-hybridized carbons (Fsp3) is 0.0833. The molecule has 0 N–H and O–H groups in total. The molecule has 1 unspecified atom stereocenters. The first-order valence-corrected chi connectivity index (χ1v) is 10.5. The molecule has 5 rings (SSSR count). The predicted molar refractivity (Wildman–Crippen MR) is 117 cm³/mol. The van der Waals surface area contributed by atoms with Crippen LogP contribution in [0.2, 0.25) is 5.02 Å². The van der Waals surface area contributed by atoms with Crippen LogP contribution in [0.1, 0.15) is 42.8 Å². The molecule has 142 valence electrons. The van der Waals surface area contributed by atoms with E-state index in [4.69, 9.17) is 11.6 Å². The van der Waals surface area contributed by atoms with Crippen molar-refractivity contribution >= 4 is 41.1 Å². The highest BCUT2D eigenvalue weighted by atomic mass is 35.5. The van der Waals surface area contributed by atoms with Crippen molar-refractivity contribution in [3.63, 3.8) is 0 Å². The van der Waals surface area contributed by atoms with Crippen LogP contribution in [0.4, 0.5) is 0 Å². The van der Waals surface area contributed by atoms with Crippen molar-refractivity contribution in [2.75, 3.05) is 0 Å². The summed E-state index contributed by atoms with van der Waals surface area (Å²) in [6, 6.07) is 22.6. The van der Waals surface area contributed by atoms with Gasteiger partial charge in [0.25, 0.3) is 5.91 Å². The monoisotopic (exact) mass is 417 g/mol. The Hall–Kier alpha value is -2.82. The van der Waals surface area contributed by atoms with Gasteiger partial charge in [0.2, 0.25) is 0 Å². The van der Waals surface area contributed by atoms with Gasteiger partial charge in [-0.15, -0.1) is 0 Å². The van der Waals surface area contributed by atoms with Crippen LogP contribution in [-0.4, -0.2) is 16.6 Å². The number of nitrogens with zero attached hydrogens (tertiary/aromatic N) is 1. The Morgan fingerprint density at radius 2 is 1.59 bits per heavy atom. The van der Waals surface area contributed by atoms with Gasteiger partial charge in [0, 0.05) is 22.7 Å². The summed E-state index contributed by atoms with van der Waals surface area (Å²) in [5.41, 5.74) is 4.07. The van der Waals surface area contributed by atoms with Gasteiger partial charge in [-0.3, -0.25) is 9.59 Å². The maximum atomic E-state index is 13.4. The summed E-state index contributed by atoms with van der Waals surface area (Å²) in [6.45, 7) is 0.418. The number of carbonyl (C=O) groups is 2. The number of rotatable bonds is 1. The zero-order valence-corrected chi connectivity index (χ0v) is 16.9. The van der Waals surface area contributed by atoms with E-state index < -0.39 is 0 Å². The van der Waals surface area contributed by atoms with Crippen LogP contribution in [0, 0.1) is 0 Å². The first-order chi connectivity index (χ1) is 14.1. The minimum Gasteiger partial charge on any atom is -0.318 e. The first kappa shape index (κ1) is 18.2. The molecule has 0 radical (unpaired) electrons. The number of amides is 1. The van der Waals surface area contributed by atoms with Gasteiger partial charge in [-0.25, -0.2) is 0 Å². The van der Waals surface area contributed by atoms with Crippen LogP contribution in [-0.2, 0) is 6.54 Å². The van der Waals surface area contributed by atoms with Crippen molar-refractivity contribution in [3.05, 3.63) is 111 Å². The third-order valence-corrected chi connectivity index (χ3v) is 6.77. The fourth-order valence-electron chi connectivity index (χ4n) is 3.80. The maximum Gasteiger partial charge on any atom is 0.255 e. The molecule has 0 saturated carbocycles. The lowest BCUT2D eigenvalue weighted by atomic mass is 10.0. The Balaban J connectivity index is 1.67. The molecule has 0 spiro atoms. The summed E-state index contributed by atoms with van der Waals surface area (Å²) in [6.07, 6.45) is 1.88. The number of hydrogen-bond donors (Lipinski definition) is 0. The number of carbonyl (C=O) groups excluding carboxylic acids is 2. The smallest absolute Gasteiger partial charge is 0.255 e. The van der Waals surface area contributed by atoms with Crippen LogP contribution in [0.25, 0.3) is 6.08 Å². The Morgan fingerprint density at radius 3 is 2.38 bits per heavy atom. The first-order valence-electron chi connectivity index (χ1n) is 9.28. The molecular weight excluding hydrogens is 402 g/mol. The number of halogens is 1. The summed E-state index contributed by atoms with van der Waals surface area (Å²) in [5.74, 6) is -0.00914. The highest BCUT2D eigenvalue weighted by molar-refractivity contribution is 8.04. The standard InChI is InChI=1S/C24H16ClNO2S/c25-17-11-9-15(10-12-17)13-21-22(27)18-6-2-1-5-16(18)14-26-23(28)19-7-3-4-8-20(19)24(26)29-21/h1-13,24H,14H2/b21-13-. The molecule has 1 amide bonds. The van der Waals surface area contributed by atoms with Crippen LogP contribution in [0.15, 0.2) is 77.7 Å². The number of hydrogen-bond acceptors (Lipinski definition) is 3. The lowest BCUT2D eigenvalue weighted by molar-refractivity contribution is 0.0758. The van der Waals surface area contributed by atoms with Crippen molar-refractivity contribution in [2.24, 2.45) is 0 Å². The van der Waals surface area contributed by atoms with E-state index in [1.807, 2.05) is 71.6 Å². The molecule has 2 aliphatic heterocycles. The van der Waals surface area contributed by atoms with E-state index in [0.29, 0.717) is 27.6 Å². The summed E-state index contributed by atoms with van der Waals surface area (Å²) in [7, 11) is 0. The SMILES string of the molecule is O=C1/C(=C/c2ccc(Cl)cc2)SC2c3ccccc3C(=O)N2Cc2ccccc21. The van der Waals surface area contributed by atoms with E-state index >= 15 is 0 Å². The number of thioether (sulfide) groups is 1. The highest BCUT2D eigenvalue weighted by Gasteiger charge is 2.40. The minimum absolute atomic E-state index is 0.00750. The molecule has 0 aliphatic carbocycles. The van der Waals surface area contributed by atoms with E-state index in [1.165, 1.54) is 11.8 Å². The summed E-state index contributed by atoms with van der Waals surface area (Å²) >= 11 is 7.44. The molecule has 3 nitrogen and oxygen atoms in total. The minimum atomic E-state index is -0.227. The number of Topliss-reactive ketones (excluding diaryl/α,β-unsaturated/α-hetero) is 1. The largest absolute Gasteiger partial charge is 0.318 e. The Kier molecular flexibility index (Phi) is 4.53. The molecule has 0 saturated heterocycles. The van der Waals surface area contributed by atoms with Crippen molar-refractivity contribution < 1.29 is 9.59 Å². The Bertz CT molecular complexity index is 1170. The Morgan fingerprint density at radius 1 is 0.897 bits per heavy atom. The average Bonchev–Trinajstić information content (AvgIpc) is 2.99. The van der Waals surface area contributed by atoms with Crippen LogP contribution < -0.4 is 0 Å². The quantitative estimate of drug-likeness (QED) is 0.458. The van der Waals surface area contributed by atoms with Crippen molar-refractivity contribution in [1.29, 1.82) is 0 Å². The molecule has 3 aromatic carbocycles. The van der Waals surface area contributed by atoms with E-state index in [-0.39, 0.29) is 17.1 Å². The zero-order valence-electron chi connectivity index (χ0n) is 15.3. The van der Waals surface area contributed by atoms with E-state index in [1.54, 1.807) is 12.1 Å². The van der Waals surface area contributed by atoms with Gasteiger partial charge in [-0.1, -0.05) is 78.0 Å². The molecule has 2 heterocycles. The molecule has 0 aromatic heterocycles. The topological polar surface area (TPSA) is 37.4 Å². The number of fused-ring (bicyclic) bond motifs is 4. The van der Waals surface area contributed by atoms with Crippen molar-refractivity contribution in [1.82, 2.24) is 4.90 Å². The molecule has 29 heavy (non-hydrogen) atoms. The third kappa shape index (κ3) is 3.18. The third-order valence-electron chi connectivity index (χ3n) is 5.23. The molecule has 0 fully saturated rings. The van der Waals surface area contributed by atoms with Gasteiger partial charge >= 0.3 is 0 Å². The van der Waals surface area contributed by atoms with Gasteiger partial charge in [0.05, 0.1) is 4.91 Å². The van der Waals surface area contributed by atoms with Crippen LogP contribution in [0.5, 0.6) is 0 Å². The van der Waals surface area contributed by atoms with E-state index in [2.05, 4.69) is 0 Å². The Labute approximate surface area is 178 Å². The van der Waals surface area contributed by atoms with Crippen molar-refractivity contribution in [3.8, 4) is 0 Å². The summed E-state index contributed by atoms with van der Waals surface area (Å²) in [4.78, 5) is 29.0.